The highest BCUT2D eigenvalue weighted by molar-refractivity contribution is 6.89. The van der Waals surface area contributed by atoms with Gasteiger partial charge >= 0.3 is 0 Å². The van der Waals surface area contributed by atoms with E-state index in [-0.39, 0.29) is 5.91 Å². The second-order valence-electron chi connectivity index (χ2n) is 6.48. The molecule has 0 aliphatic heterocycles. The third-order valence-electron chi connectivity index (χ3n) is 3.88. The van der Waals surface area contributed by atoms with E-state index in [2.05, 4.69) is 19.6 Å². The van der Waals surface area contributed by atoms with E-state index in [0.717, 1.165) is 27.6 Å². The molecular formula is C18H23NO2Si. The van der Waals surface area contributed by atoms with Crippen molar-refractivity contribution in [3.8, 4) is 16.9 Å². The fraction of sp³-hybridized carbons (Fsp3) is 0.278. The fourth-order valence-electron chi connectivity index (χ4n) is 2.82. The highest BCUT2D eigenvalue weighted by Crippen LogP contribution is 2.35. The van der Waals surface area contributed by atoms with E-state index < -0.39 is 8.07 Å². The quantitative estimate of drug-likeness (QED) is 0.880. The number of rotatable bonds is 4. The van der Waals surface area contributed by atoms with Gasteiger partial charge in [-0.15, -0.1) is 0 Å². The van der Waals surface area contributed by atoms with Crippen LogP contribution in [0.15, 0.2) is 36.4 Å². The fourth-order valence-corrected chi connectivity index (χ4v) is 4.45. The molecule has 0 spiro atoms. The Balaban J connectivity index is 2.87. The van der Waals surface area contributed by atoms with Crippen molar-refractivity contribution in [3.05, 3.63) is 47.5 Å². The molecule has 0 radical (unpaired) electrons. The van der Waals surface area contributed by atoms with Gasteiger partial charge in [-0.1, -0.05) is 50.0 Å². The SMILES string of the molecule is COc1cc([Si](C)(C)C)c(C(N)=O)c(C)c1-c1ccccc1. The molecule has 3 nitrogen and oxygen atoms in total. The van der Waals surface area contributed by atoms with Crippen LogP contribution < -0.4 is 15.7 Å². The minimum absolute atomic E-state index is 0.366. The molecule has 0 aromatic heterocycles. The number of nitrogens with two attached hydrogens (primary N) is 1. The summed E-state index contributed by atoms with van der Waals surface area (Å²) in [5.41, 5.74) is 9.22. The van der Waals surface area contributed by atoms with Crippen molar-refractivity contribution >= 4 is 19.2 Å². The summed E-state index contributed by atoms with van der Waals surface area (Å²) in [6.45, 7) is 8.57. The lowest BCUT2D eigenvalue weighted by atomic mass is 9.95. The molecule has 0 saturated heterocycles. The zero-order chi connectivity index (χ0) is 16.5. The maximum absolute atomic E-state index is 12.1. The minimum atomic E-state index is -1.72. The first-order valence-corrected chi connectivity index (χ1v) is 10.8. The molecule has 0 aliphatic carbocycles. The van der Waals surface area contributed by atoms with Crippen molar-refractivity contribution in [2.45, 2.75) is 26.6 Å². The van der Waals surface area contributed by atoms with Crippen molar-refractivity contribution in [2.24, 2.45) is 5.73 Å². The second kappa shape index (κ2) is 5.97. The third-order valence-corrected chi connectivity index (χ3v) is 5.89. The van der Waals surface area contributed by atoms with Gasteiger partial charge in [0.05, 0.1) is 15.2 Å². The van der Waals surface area contributed by atoms with Crippen LogP contribution in [0.1, 0.15) is 15.9 Å². The van der Waals surface area contributed by atoms with Gasteiger partial charge in [0.1, 0.15) is 5.75 Å². The Morgan fingerprint density at radius 3 is 2.18 bits per heavy atom. The Kier molecular flexibility index (Phi) is 4.42. The molecule has 22 heavy (non-hydrogen) atoms. The minimum Gasteiger partial charge on any atom is -0.496 e. The third kappa shape index (κ3) is 2.92. The van der Waals surface area contributed by atoms with Crippen LogP contribution in [0.3, 0.4) is 0 Å². The number of hydrogen-bond donors (Lipinski definition) is 1. The maximum atomic E-state index is 12.1. The Labute approximate surface area is 133 Å². The van der Waals surface area contributed by atoms with Gasteiger partial charge in [-0.3, -0.25) is 4.79 Å². The van der Waals surface area contributed by atoms with Crippen LogP contribution in [-0.4, -0.2) is 21.1 Å². The number of carbonyl (C=O) groups is 1. The summed E-state index contributed by atoms with van der Waals surface area (Å²) in [6.07, 6.45) is 0. The summed E-state index contributed by atoms with van der Waals surface area (Å²) in [5, 5.41) is 1.05. The molecule has 2 rings (SSSR count). The number of methoxy groups -OCH3 is 1. The molecule has 0 bridgehead atoms. The van der Waals surface area contributed by atoms with Crippen molar-refractivity contribution in [2.75, 3.05) is 7.11 Å². The van der Waals surface area contributed by atoms with Gasteiger partial charge in [0, 0.05) is 11.1 Å². The molecule has 0 aliphatic rings. The van der Waals surface area contributed by atoms with E-state index >= 15 is 0 Å². The first-order valence-electron chi connectivity index (χ1n) is 7.34. The number of amides is 1. The summed E-state index contributed by atoms with van der Waals surface area (Å²) < 4.78 is 5.62. The van der Waals surface area contributed by atoms with Crippen LogP contribution in [0.4, 0.5) is 0 Å². The van der Waals surface area contributed by atoms with Crippen LogP contribution in [0.25, 0.3) is 11.1 Å². The predicted octanol–water partition coefficient (Wildman–Crippen LogP) is 3.31. The molecule has 2 N–H and O–H groups in total. The lowest BCUT2D eigenvalue weighted by Gasteiger charge is -2.25. The normalized spacial score (nSPS) is 11.3. The molecule has 1 amide bonds. The van der Waals surface area contributed by atoms with Crippen molar-refractivity contribution in [1.82, 2.24) is 0 Å². The number of ether oxygens (including phenoxy) is 1. The molecule has 116 valence electrons. The molecule has 0 heterocycles. The lowest BCUT2D eigenvalue weighted by molar-refractivity contribution is 0.100. The van der Waals surface area contributed by atoms with E-state index in [1.165, 1.54) is 0 Å². The van der Waals surface area contributed by atoms with E-state index in [0.29, 0.717) is 5.56 Å². The van der Waals surface area contributed by atoms with E-state index in [1.807, 2.05) is 43.3 Å². The highest BCUT2D eigenvalue weighted by Gasteiger charge is 2.27. The van der Waals surface area contributed by atoms with Crippen LogP contribution in [-0.2, 0) is 0 Å². The van der Waals surface area contributed by atoms with Crippen LogP contribution in [0, 0.1) is 6.92 Å². The first-order chi connectivity index (χ1) is 10.3. The summed E-state index contributed by atoms with van der Waals surface area (Å²) in [6, 6.07) is 12.0. The smallest absolute Gasteiger partial charge is 0.248 e. The van der Waals surface area contributed by atoms with Gasteiger partial charge in [-0.25, -0.2) is 0 Å². The van der Waals surface area contributed by atoms with Crippen LogP contribution in [0.2, 0.25) is 19.6 Å². The van der Waals surface area contributed by atoms with Crippen molar-refractivity contribution < 1.29 is 9.53 Å². The summed E-state index contributed by atoms with van der Waals surface area (Å²) in [4.78, 5) is 12.1. The number of primary amides is 1. The zero-order valence-corrected chi connectivity index (χ0v) is 14.9. The zero-order valence-electron chi connectivity index (χ0n) is 13.9. The number of carbonyl (C=O) groups excluding carboxylic acids is 1. The molecule has 4 heteroatoms. The molecular weight excluding hydrogens is 290 g/mol. The topological polar surface area (TPSA) is 52.3 Å². The van der Waals surface area contributed by atoms with Gasteiger partial charge in [0.25, 0.3) is 0 Å². The van der Waals surface area contributed by atoms with Crippen molar-refractivity contribution in [1.29, 1.82) is 0 Å². The van der Waals surface area contributed by atoms with Gasteiger partial charge in [0.2, 0.25) is 5.91 Å². The summed E-state index contributed by atoms with van der Waals surface area (Å²) in [5.74, 6) is 0.431. The Morgan fingerprint density at radius 2 is 1.73 bits per heavy atom. The molecule has 2 aromatic carbocycles. The second-order valence-corrected chi connectivity index (χ2v) is 11.5. The molecule has 0 atom stereocenters. The Morgan fingerprint density at radius 1 is 1.14 bits per heavy atom. The molecule has 2 aromatic rings. The van der Waals surface area contributed by atoms with Gasteiger partial charge in [-0.2, -0.15) is 0 Å². The largest absolute Gasteiger partial charge is 0.496 e. The average molecular weight is 313 g/mol. The first kappa shape index (κ1) is 16.3. The summed E-state index contributed by atoms with van der Waals surface area (Å²) >= 11 is 0. The number of hydrogen-bond acceptors (Lipinski definition) is 2. The summed E-state index contributed by atoms with van der Waals surface area (Å²) in [7, 11) is -0.0586. The molecule has 0 unspecified atom stereocenters. The van der Waals surface area contributed by atoms with Crippen molar-refractivity contribution in [3.63, 3.8) is 0 Å². The van der Waals surface area contributed by atoms with Gasteiger partial charge < -0.3 is 10.5 Å². The average Bonchev–Trinajstić information content (AvgIpc) is 2.45. The monoisotopic (exact) mass is 313 g/mol. The van der Waals surface area contributed by atoms with Gasteiger partial charge in [0.15, 0.2) is 0 Å². The Bertz CT molecular complexity index is 703. The van der Waals surface area contributed by atoms with E-state index in [9.17, 15) is 4.79 Å². The molecule has 0 fully saturated rings. The van der Waals surface area contributed by atoms with Crippen LogP contribution in [0.5, 0.6) is 5.75 Å². The van der Waals surface area contributed by atoms with Crippen LogP contribution >= 0.6 is 0 Å². The maximum Gasteiger partial charge on any atom is 0.248 e. The Hall–Kier alpha value is -2.07. The van der Waals surface area contributed by atoms with Gasteiger partial charge in [-0.05, 0) is 29.3 Å². The lowest BCUT2D eigenvalue weighted by Crippen LogP contribution is -2.43. The predicted molar refractivity (Wildman–Crippen MR) is 94.7 cm³/mol. The number of benzene rings is 2. The standard InChI is InChI=1S/C18H23NO2Si/c1-12-16(13-9-7-6-8-10-13)14(21-2)11-15(22(3,4)5)17(12)18(19)20/h6-11H,1-5H3,(H2,19,20). The highest BCUT2D eigenvalue weighted by atomic mass is 28.3. The molecule has 0 saturated carbocycles. The van der Waals surface area contributed by atoms with E-state index in [1.54, 1.807) is 7.11 Å². The van der Waals surface area contributed by atoms with E-state index in [4.69, 9.17) is 10.5 Å².